The van der Waals surface area contributed by atoms with Crippen LogP contribution in [0.2, 0.25) is 0 Å². The standard InChI is InChI=1S/C27H28N4O6/c1-16(2)25(27(33)34-3)23-15-24(31-37-23)36-13-12-35-18-10-8-17(9-11-18)20-14-21(29-30-26(20)28)19-6-4-5-7-22(19)32/h4-11,14-16,25,32H,12-13H2,1-3H3,(H2,28,30). The molecule has 37 heavy (non-hydrogen) atoms. The molecule has 0 saturated heterocycles. The van der Waals surface area contributed by atoms with Crippen LogP contribution in [0.5, 0.6) is 17.4 Å². The molecule has 2 aromatic heterocycles. The molecule has 2 aromatic carbocycles. The second kappa shape index (κ2) is 11.4. The normalized spacial score (nSPS) is 11.8. The summed E-state index contributed by atoms with van der Waals surface area (Å²) in [4.78, 5) is 12.0. The highest BCUT2D eigenvalue weighted by atomic mass is 16.6. The van der Waals surface area contributed by atoms with Crippen LogP contribution in [0.15, 0.2) is 65.2 Å². The molecule has 3 N–H and O–H groups in total. The van der Waals surface area contributed by atoms with Crippen molar-refractivity contribution in [1.29, 1.82) is 0 Å². The van der Waals surface area contributed by atoms with Gasteiger partial charge in [0, 0.05) is 17.2 Å². The highest BCUT2D eigenvalue weighted by Crippen LogP contribution is 2.33. The number of hydrogen-bond donors (Lipinski definition) is 2. The van der Waals surface area contributed by atoms with Crippen LogP contribution in [0.3, 0.4) is 0 Å². The minimum atomic E-state index is -0.552. The molecule has 0 fully saturated rings. The number of nitrogens with two attached hydrogens (primary N) is 1. The highest BCUT2D eigenvalue weighted by molar-refractivity contribution is 5.79. The molecular formula is C27H28N4O6. The maximum absolute atomic E-state index is 12.0. The van der Waals surface area contributed by atoms with Crippen molar-refractivity contribution in [1.82, 2.24) is 15.4 Å². The van der Waals surface area contributed by atoms with E-state index in [-0.39, 0.29) is 42.5 Å². The summed E-state index contributed by atoms with van der Waals surface area (Å²) in [6, 6.07) is 17.6. The molecule has 0 radical (unpaired) electrons. The van der Waals surface area contributed by atoms with E-state index in [1.54, 1.807) is 30.3 Å². The van der Waals surface area contributed by atoms with Crippen molar-refractivity contribution in [3.63, 3.8) is 0 Å². The lowest BCUT2D eigenvalue weighted by atomic mass is 9.93. The topological polar surface area (TPSA) is 143 Å². The van der Waals surface area contributed by atoms with Gasteiger partial charge in [-0.3, -0.25) is 4.79 Å². The molecule has 192 valence electrons. The average Bonchev–Trinajstić information content (AvgIpc) is 3.35. The zero-order valence-electron chi connectivity index (χ0n) is 20.7. The molecule has 1 unspecified atom stereocenters. The average molecular weight is 505 g/mol. The van der Waals surface area contributed by atoms with E-state index in [1.165, 1.54) is 7.11 Å². The number of phenolic OH excluding ortho intramolecular Hbond substituents is 1. The number of hydrogen-bond acceptors (Lipinski definition) is 10. The maximum atomic E-state index is 12.0. The van der Waals surface area contributed by atoms with E-state index in [0.29, 0.717) is 28.3 Å². The largest absolute Gasteiger partial charge is 0.507 e. The minimum Gasteiger partial charge on any atom is -0.507 e. The van der Waals surface area contributed by atoms with Crippen molar-refractivity contribution in [3.05, 3.63) is 66.4 Å². The number of benzene rings is 2. The number of nitrogen functional groups attached to an aromatic ring is 1. The summed E-state index contributed by atoms with van der Waals surface area (Å²) in [5.74, 6) is 0.735. The van der Waals surface area contributed by atoms with Gasteiger partial charge in [0.15, 0.2) is 11.6 Å². The van der Waals surface area contributed by atoms with Crippen molar-refractivity contribution in [3.8, 4) is 39.8 Å². The summed E-state index contributed by atoms with van der Waals surface area (Å²) in [6.07, 6.45) is 0. The number of anilines is 1. The van der Waals surface area contributed by atoms with Gasteiger partial charge in [0.1, 0.15) is 30.6 Å². The SMILES string of the molecule is COC(=O)C(c1cc(OCCOc2ccc(-c3cc(-c4ccccc4O)nnc3N)cc2)no1)C(C)C. The monoisotopic (exact) mass is 504 g/mol. The summed E-state index contributed by atoms with van der Waals surface area (Å²) < 4.78 is 21.5. The lowest BCUT2D eigenvalue weighted by Gasteiger charge is -2.14. The van der Waals surface area contributed by atoms with Crippen LogP contribution in [0.4, 0.5) is 5.82 Å². The van der Waals surface area contributed by atoms with E-state index in [9.17, 15) is 9.90 Å². The number of ether oxygens (including phenoxy) is 3. The molecule has 4 aromatic rings. The van der Waals surface area contributed by atoms with Crippen LogP contribution in [0, 0.1) is 5.92 Å². The third-order valence-corrected chi connectivity index (χ3v) is 5.70. The summed E-state index contributed by atoms with van der Waals surface area (Å²) >= 11 is 0. The fourth-order valence-corrected chi connectivity index (χ4v) is 3.82. The van der Waals surface area contributed by atoms with Gasteiger partial charge >= 0.3 is 5.97 Å². The molecule has 4 rings (SSSR count). The Bertz CT molecular complexity index is 1350. The van der Waals surface area contributed by atoms with Gasteiger partial charge in [0.2, 0.25) is 0 Å². The smallest absolute Gasteiger partial charge is 0.316 e. The van der Waals surface area contributed by atoms with Crippen molar-refractivity contribution in [2.75, 3.05) is 26.1 Å². The van der Waals surface area contributed by atoms with Gasteiger partial charge in [-0.05, 0) is 47.0 Å². The maximum Gasteiger partial charge on any atom is 0.316 e. The van der Waals surface area contributed by atoms with Crippen LogP contribution in [0.1, 0.15) is 25.5 Å². The summed E-state index contributed by atoms with van der Waals surface area (Å²) in [5.41, 5.74) is 8.67. The number of nitrogens with zero attached hydrogens (tertiary/aromatic N) is 3. The highest BCUT2D eigenvalue weighted by Gasteiger charge is 2.29. The summed E-state index contributed by atoms with van der Waals surface area (Å²) in [5, 5.41) is 22.2. The number of methoxy groups -OCH3 is 1. The Kier molecular flexibility index (Phi) is 7.87. The Balaban J connectivity index is 1.35. The molecule has 0 spiro atoms. The van der Waals surface area contributed by atoms with E-state index in [1.807, 2.05) is 44.2 Å². The zero-order chi connectivity index (χ0) is 26.4. The molecule has 0 bridgehead atoms. The van der Waals surface area contributed by atoms with Crippen LogP contribution in [-0.4, -0.2) is 46.8 Å². The number of para-hydroxylation sites is 1. The predicted octanol–water partition coefficient (Wildman–Crippen LogP) is 4.46. The molecule has 0 aliphatic rings. The van der Waals surface area contributed by atoms with Crippen molar-refractivity contribution >= 4 is 11.8 Å². The first-order valence-electron chi connectivity index (χ1n) is 11.7. The molecular weight excluding hydrogens is 476 g/mol. The fourth-order valence-electron chi connectivity index (χ4n) is 3.82. The molecule has 1 atom stereocenters. The Morgan fingerprint density at radius 2 is 1.73 bits per heavy atom. The predicted molar refractivity (Wildman–Crippen MR) is 136 cm³/mol. The first-order chi connectivity index (χ1) is 17.9. The lowest BCUT2D eigenvalue weighted by Crippen LogP contribution is -2.19. The number of aromatic nitrogens is 3. The first kappa shape index (κ1) is 25.5. The van der Waals surface area contributed by atoms with E-state index < -0.39 is 5.92 Å². The van der Waals surface area contributed by atoms with Gasteiger partial charge in [-0.2, -0.15) is 0 Å². The second-order valence-electron chi connectivity index (χ2n) is 8.58. The van der Waals surface area contributed by atoms with Crippen molar-refractivity contribution in [2.45, 2.75) is 19.8 Å². The molecule has 10 heteroatoms. The van der Waals surface area contributed by atoms with Crippen LogP contribution in [0.25, 0.3) is 22.4 Å². The quantitative estimate of drug-likeness (QED) is 0.235. The Morgan fingerprint density at radius 1 is 1.00 bits per heavy atom. The van der Waals surface area contributed by atoms with Gasteiger partial charge in [-0.25, -0.2) is 0 Å². The van der Waals surface area contributed by atoms with Crippen LogP contribution < -0.4 is 15.2 Å². The Morgan fingerprint density at radius 3 is 2.43 bits per heavy atom. The Hall–Kier alpha value is -4.60. The molecule has 10 nitrogen and oxygen atoms in total. The number of rotatable bonds is 10. The van der Waals surface area contributed by atoms with Gasteiger partial charge in [-0.1, -0.05) is 38.1 Å². The second-order valence-corrected chi connectivity index (χ2v) is 8.58. The molecule has 0 saturated carbocycles. The van der Waals surface area contributed by atoms with Crippen LogP contribution >= 0.6 is 0 Å². The number of phenols is 1. The molecule has 0 amide bonds. The van der Waals surface area contributed by atoms with E-state index in [0.717, 1.165) is 5.56 Å². The third kappa shape index (κ3) is 5.97. The van der Waals surface area contributed by atoms with E-state index in [4.69, 9.17) is 24.5 Å². The van der Waals surface area contributed by atoms with Gasteiger partial charge in [0.05, 0.1) is 12.8 Å². The number of carbonyl (C=O) groups excluding carboxylic acids is 1. The summed E-state index contributed by atoms with van der Waals surface area (Å²) in [6.45, 7) is 4.29. The summed E-state index contributed by atoms with van der Waals surface area (Å²) in [7, 11) is 1.34. The number of esters is 1. The molecule has 2 heterocycles. The molecule has 0 aliphatic carbocycles. The van der Waals surface area contributed by atoms with Crippen molar-refractivity contribution < 1.29 is 28.6 Å². The van der Waals surface area contributed by atoms with Gasteiger partial charge in [-0.15, -0.1) is 10.2 Å². The zero-order valence-corrected chi connectivity index (χ0v) is 20.7. The Labute approximate surface area is 214 Å². The third-order valence-electron chi connectivity index (χ3n) is 5.70. The van der Waals surface area contributed by atoms with Gasteiger partial charge in [0.25, 0.3) is 5.88 Å². The van der Waals surface area contributed by atoms with E-state index in [2.05, 4.69) is 15.4 Å². The fraction of sp³-hybridized carbons (Fsp3) is 0.259. The first-order valence-corrected chi connectivity index (χ1v) is 11.7. The minimum absolute atomic E-state index is 0.0186. The number of aromatic hydroxyl groups is 1. The lowest BCUT2D eigenvalue weighted by molar-refractivity contribution is -0.144. The molecule has 0 aliphatic heterocycles. The van der Waals surface area contributed by atoms with Gasteiger partial charge < -0.3 is 29.6 Å². The number of carbonyl (C=O) groups is 1. The van der Waals surface area contributed by atoms with Crippen molar-refractivity contribution in [2.24, 2.45) is 5.92 Å². The van der Waals surface area contributed by atoms with E-state index >= 15 is 0 Å². The van der Waals surface area contributed by atoms with Crippen LogP contribution in [-0.2, 0) is 9.53 Å².